The number of carbonyl (C=O) groups is 1. The van der Waals surface area contributed by atoms with Gasteiger partial charge in [-0.2, -0.15) is 0 Å². The summed E-state index contributed by atoms with van der Waals surface area (Å²) >= 11 is 0. The van der Waals surface area contributed by atoms with Crippen molar-refractivity contribution in [2.45, 2.75) is 13.0 Å². The fraction of sp³-hybridized carbons (Fsp3) is 0.278. The Balaban J connectivity index is 1.87. The van der Waals surface area contributed by atoms with E-state index < -0.39 is 11.9 Å². The van der Waals surface area contributed by atoms with Gasteiger partial charge in [0.1, 0.15) is 6.04 Å². The van der Waals surface area contributed by atoms with Gasteiger partial charge in [-0.3, -0.25) is 9.78 Å². The maximum Gasteiger partial charge on any atom is 0.242 e. The van der Waals surface area contributed by atoms with E-state index in [0.29, 0.717) is 13.2 Å². The number of nitrogens with zero attached hydrogens (tertiary/aromatic N) is 4. The number of ether oxygens (including phenoxy) is 1. The first-order valence-corrected chi connectivity index (χ1v) is 8.18. The van der Waals surface area contributed by atoms with Gasteiger partial charge >= 0.3 is 0 Å². The van der Waals surface area contributed by atoms with E-state index in [-0.39, 0.29) is 6.61 Å². The minimum Gasteiger partial charge on any atom is -0.377 e. The Morgan fingerprint density at radius 3 is 2.84 bits per heavy atom. The Bertz CT molecular complexity index is 919. The van der Waals surface area contributed by atoms with Crippen molar-refractivity contribution in [2.75, 3.05) is 24.7 Å². The van der Waals surface area contributed by atoms with Crippen LogP contribution in [0.1, 0.15) is 5.56 Å². The number of aromatic nitrogens is 3. The molecule has 4 rings (SSSR count). The molecule has 2 aromatic heterocycles. The fourth-order valence-electron chi connectivity index (χ4n) is 3.13. The third-order valence-corrected chi connectivity index (χ3v) is 4.47. The summed E-state index contributed by atoms with van der Waals surface area (Å²) in [5, 5.41) is 5.72. The molecule has 0 saturated carbocycles. The van der Waals surface area contributed by atoms with Crippen LogP contribution in [0.3, 0.4) is 0 Å². The molecule has 3 aromatic rings. The molecule has 25 heavy (non-hydrogen) atoms. The number of hydrogen-bond acceptors (Lipinski definition) is 5. The molecule has 0 spiro atoms. The maximum absolute atomic E-state index is 11.8. The normalized spacial score (nSPS) is 17.8. The summed E-state index contributed by atoms with van der Waals surface area (Å²) < 4.78 is 7.27. The lowest BCUT2D eigenvalue weighted by Crippen LogP contribution is -2.52. The van der Waals surface area contributed by atoms with Gasteiger partial charge in [0.05, 0.1) is 30.6 Å². The molecule has 128 valence electrons. The second-order valence-corrected chi connectivity index (χ2v) is 6.15. The topological polar surface area (TPSA) is 86.3 Å². The zero-order valence-corrected chi connectivity index (χ0v) is 13.9. The average molecular weight is 337 g/mol. The molecule has 1 amide bonds. The van der Waals surface area contributed by atoms with Crippen LogP contribution in [0.5, 0.6) is 0 Å². The molecule has 1 unspecified atom stereocenters. The molecule has 0 bridgehead atoms. The Morgan fingerprint density at radius 2 is 2.08 bits per heavy atom. The lowest BCUT2D eigenvalue weighted by molar-refractivity contribution is -0.121. The molecule has 2 N–H and O–H groups in total. The second kappa shape index (κ2) is 6.18. The average Bonchev–Trinajstić information content (AvgIpc) is 3.02. The van der Waals surface area contributed by atoms with Crippen LogP contribution in [0.4, 0.5) is 5.82 Å². The van der Waals surface area contributed by atoms with E-state index in [1.807, 2.05) is 46.8 Å². The molecule has 1 atom stereocenters. The number of nitrogens with two attached hydrogens (primary N) is 1. The van der Waals surface area contributed by atoms with E-state index in [1.165, 1.54) is 5.56 Å². The smallest absolute Gasteiger partial charge is 0.242 e. The van der Waals surface area contributed by atoms with Crippen LogP contribution in [0, 0.1) is 6.92 Å². The number of primary amides is 1. The van der Waals surface area contributed by atoms with Gasteiger partial charge in [0, 0.05) is 18.1 Å². The van der Waals surface area contributed by atoms with Crippen LogP contribution in [-0.4, -0.2) is 46.5 Å². The zero-order chi connectivity index (χ0) is 17.4. The van der Waals surface area contributed by atoms with Crippen molar-refractivity contribution in [1.82, 2.24) is 14.8 Å². The summed E-state index contributed by atoms with van der Waals surface area (Å²) in [5.74, 6) is 0.317. The monoisotopic (exact) mass is 337 g/mol. The van der Waals surface area contributed by atoms with Gasteiger partial charge in [0.15, 0.2) is 5.82 Å². The summed E-state index contributed by atoms with van der Waals surface area (Å²) in [4.78, 5) is 18.0. The van der Waals surface area contributed by atoms with E-state index in [9.17, 15) is 4.79 Å². The van der Waals surface area contributed by atoms with Crippen molar-refractivity contribution in [3.05, 3.63) is 48.3 Å². The molecule has 1 fully saturated rings. The highest BCUT2D eigenvalue weighted by molar-refractivity contribution is 5.94. The lowest BCUT2D eigenvalue weighted by atomic mass is 10.2. The largest absolute Gasteiger partial charge is 0.377 e. The molecular weight excluding hydrogens is 318 g/mol. The van der Waals surface area contributed by atoms with Gasteiger partial charge in [-0.05, 0) is 25.1 Å². The lowest BCUT2D eigenvalue weighted by Gasteiger charge is -2.33. The van der Waals surface area contributed by atoms with Crippen LogP contribution in [0.25, 0.3) is 16.6 Å². The highest BCUT2D eigenvalue weighted by atomic mass is 16.5. The van der Waals surface area contributed by atoms with E-state index >= 15 is 0 Å². The molecule has 1 aromatic carbocycles. The number of pyridine rings is 1. The standard InChI is InChI=1S/C18H19N5O2/c1-12-2-4-13(5-3-12)23-15-10-20-7-6-14(15)18(21-23)22-8-9-25-11-16(22)17(19)24/h2-7,10,16H,8-9,11H2,1H3,(H2,19,24). The van der Waals surface area contributed by atoms with Crippen molar-refractivity contribution in [3.8, 4) is 5.69 Å². The van der Waals surface area contributed by atoms with Gasteiger partial charge in [-0.15, -0.1) is 5.10 Å². The number of benzene rings is 1. The maximum atomic E-state index is 11.8. The van der Waals surface area contributed by atoms with Gasteiger partial charge in [-0.1, -0.05) is 17.7 Å². The SMILES string of the molecule is Cc1ccc(-n2nc(N3CCOCC3C(N)=O)c3ccncc32)cc1. The number of rotatable bonds is 3. The zero-order valence-electron chi connectivity index (χ0n) is 13.9. The van der Waals surface area contributed by atoms with Gasteiger partial charge in [0.2, 0.25) is 5.91 Å². The summed E-state index contributed by atoms with van der Waals surface area (Å²) in [6.07, 6.45) is 3.51. The molecule has 0 radical (unpaired) electrons. The van der Waals surface area contributed by atoms with E-state index in [1.54, 1.807) is 12.4 Å². The van der Waals surface area contributed by atoms with Crippen molar-refractivity contribution >= 4 is 22.6 Å². The highest BCUT2D eigenvalue weighted by Crippen LogP contribution is 2.30. The molecule has 0 aliphatic carbocycles. The van der Waals surface area contributed by atoms with Gasteiger partial charge < -0.3 is 15.4 Å². The van der Waals surface area contributed by atoms with Crippen LogP contribution in [0.2, 0.25) is 0 Å². The molecule has 1 aliphatic heterocycles. The summed E-state index contributed by atoms with van der Waals surface area (Å²) in [6, 6.07) is 9.51. The predicted molar refractivity (Wildman–Crippen MR) is 94.7 cm³/mol. The van der Waals surface area contributed by atoms with Crippen LogP contribution in [-0.2, 0) is 9.53 Å². The number of carbonyl (C=O) groups excluding carboxylic acids is 1. The fourth-order valence-corrected chi connectivity index (χ4v) is 3.13. The van der Waals surface area contributed by atoms with E-state index in [0.717, 1.165) is 22.4 Å². The van der Waals surface area contributed by atoms with Crippen molar-refractivity contribution in [3.63, 3.8) is 0 Å². The number of anilines is 1. The molecule has 1 aliphatic rings. The molecule has 1 saturated heterocycles. The minimum atomic E-state index is -0.522. The van der Waals surface area contributed by atoms with E-state index in [2.05, 4.69) is 4.98 Å². The summed E-state index contributed by atoms with van der Waals surface area (Å²) in [7, 11) is 0. The van der Waals surface area contributed by atoms with Gasteiger partial charge in [0.25, 0.3) is 0 Å². The predicted octanol–water partition coefficient (Wildman–Crippen LogP) is 1.42. The van der Waals surface area contributed by atoms with Gasteiger partial charge in [-0.25, -0.2) is 4.68 Å². The van der Waals surface area contributed by atoms with Crippen LogP contribution < -0.4 is 10.6 Å². The first-order valence-electron chi connectivity index (χ1n) is 8.18. The second-order valence-electron chi connectivity index (χ2n) is 6.15. The van der Waals surface area contributed by atoms with Crippen LogP contribution >= 0.6 is 0 Å². The number of fused-ring (bicyclic) bond motifs is 1. The Kier molecular flexibility index (Phi) is 3.85. The number of aryl methyl sites for hydroxylation is 1. The molecule has 7 heteroatoms. The van der Waals surface area contributed by atoms with Crippen molar-refractivity contribution in [2.24, 2.45) is 5.73 Å². The number of morpholine rings is 1. The Morgan fingerprint density at radius 1 is 1.28 bits per heavy atom. The number of hydrogen-bond donors (Lipinski definition) is 1. The molecule has 7 nitrogen and oxygen atoms in total. The number of amides is 1. The first kappa shape index (κ1) is 15.6. The first-order chi connectivity index (χ1) is 12.1. The van der Waals surface area contributed by atoms with Crippen LogP contribution in [0.15, 0.2) is 42.7 Å². The summed E-state index contributed by atoms with van der Waals surface area (Å²) in [5.41, 5.74) is 8.58. The third-order valence-electron chi connectivity index (χ3n) is 4.47. The highest BCUT2D eigenvalue weighted by Gasteiger charge is 2.31. The minimum absolute atomic E-state index is 0.277. The Labute approximate surface area is 145 Å². The van der Waals surface area contributed by atoms with Crippen molar-refractivity contribution in [1.29, 1.82) is 0 Å². The third kappa shape index (κ3) is 2.72. The molecular formula is C18H19N5O2. The van der Waals surface area contributed by atoms with Crippen molar-refractivity contribution < 1.29 is 9.53 Å². The quantitative estimate of drug-likeness (QED) is 0.781. The summed E-state index contributed by atoms with van der Waals surface area (Å²) in [6.45, 7) is 3.42. The Hall–Kier alpha value is -2.93. The molecule has 3 heterocycles. The van der Waals surface area contributed by atoms with E-state index in [4.69, 9.17) is 15.6 Å².